The summed E-state index contributed by atoms with van der Waals surface area (Å²) < 4.78 is 78.9. The predicted octanol–water partition coefficient (Wildman–Crippen LogP) is 8.92. The summed E-state index contributed by atoms with van der Waals surface area (Å²) in [4.78, 5) is 41.4. The Labute approximate surface area is 437 Å². The Morgan fingerprint density at radius 3 is 1.48 bits per heavy atom. The molecular weight excluding hydrogens is 961 g/mol. The molecule has 0 aliphatic carbocycles. The van der Waals surface area contributed by atoms with E-state index >= 15 is 0 Å². The van der Waals surface area contributed by atoms with Crippen LogP contribution in [0.1, 0.15) is 58.1 Å². The van der Waals surface area contributed by atoms with Crippen molar-refractivity contribution in [1.29, 1.82) is 0 Å². The zero-order chi connectivity index (χ0) is 52.2. The van der Waals surface area contributed by atoms with Crippen LogP contribution < -0.4 is 0 Å². The van der Waals surface area contributed by atoms with E-state index in [2.05, 4.69) is 0 Å². The Morgan fingerprint density at radius 1 is 0.493 bits per heavy atom. The van der Waals surface area contributed by atoms with Gasteiger partial charge in [-0.3, -0.25) is 4.79 Å². The number of carbonyl (C=O) groups is 3. The van der Waals surface area contributed by atoms with Crippen LogP contribution in [0.4, 0.5) is 0 Å². The largest absolute Gasteiger partial charge is 0.464 e. The number of esters is 3. The van der Waals surface area contributed by atoms with E-state index < -0.39 is 85.4 Å². The van der Waals surface area contributed by atoms with Crippen LogP contribution in [0.15, 0.2) is 182 Å². The van der Waals surface area contributed by atoms with Crippen molar-refractivity contribution in [3.05, 3.63) is 215 Å². The highest BCUT2D eigenvalue weighted by Gasteiger charge is 2.56. The van der Waals surface area contributed by atoms with Gasteiger partial charge in [0.15, 0.2) is 24.8 Å². The minimum absolute atomic E-state index is 0.00852. The highest BCUT2D eigenvalue weighted by Crippen LogP contribution is 2.38. The quantitative estimate of drug-likeness (QED) is 0.0394. The number of rotatable bonds is 25. The average molecular weight is 1030 g/mol. The third-order valence-corrected chi connectivity index (χ3v) is 12.6. The molecule has 11 atom stereocenters. The molecule has 0 spiro atoms. The van der Waals surface area contributed by atoms with Crippen LogP contribution in [0.2, 0.25) is 0 Å². The maximum absolute atomic E-state index is 14.5. The summed E-state index contributed by atoms with van der Waals surface area (Å²) in [5.74, 6) is -2.07. The second-order valence-corrected chi connectivity index (χ2v) is 17.9. The monoisotopic (exact) mass is 1020 g/mol. The van der Waals surface area contributed by atoms with Crippen LogP contribution in [0.3, 0.4) is 0 Å². The molecule has 6 aromatic rings. The van der Waals surface area contributed by atoms with E-state index in [-0.39, 0.29) is 51.8 Å². The van der Waals surface area contributed by atoms with Crippen molar-refractivity contribution >= 4 is 17.9 Å². The summed E-state index contributed by atoms with van der Waals surface area (Å²) in [5, 5.41) is 0. The SMILES string of the molecule is CCOC(=O)[C@H](O[C@H]1[C@H](O[C@H]2[C@H](OCc3ccccc3)[C@@H](OCc3ccccc3)[C@@H](OC)O[C@@H]2COCc2ccccc2)O[C@H](COC(C)=O)[C@@H](OCc2ccccc2)[C@@H]1OC(=O)c1ccccc1)c1ccccc1. The molecule has 15 nitrogen and oxygen atoms in total. The fraction of sp³-hybridized carbons (Fsp3) is 0.350. The summed E-state index contributed by atoms with van der Waals surface area (Å²) in [6.45, 7) is 3.07. The van der Waals surface area contributed by atoms with Gasteiger partial charge in [0.05, 0.1) is 45.2 Å². The van der Waals surface area contributed by atoms with E-state index in [1.165, 1.54) is 14.0 Å². The summed E-state index contributed by atoms with van der Waals surface area (Å²) in [5.41, 5.74) is 4.10. The van der Waals surface area contributed by atoms with E-state index in [0.29, 0.717) is 5.56 Å². The molecule has 15 heteroatoms. The van der Waals surface area contributed by atoms with Crippen LogP contribution in [-0.2, 0) is 92.9 Å². The van der Waals surface area contributed by atoms with Gasteiger partial charge in [-0.1, -0.05) is 170 Å². The molecule has 2 aliphatic rings. The van der Waals surface area contributed by atoms with Crippen molar-refractivity contribution in [3.8, 4) is 0 Å². The molecule has 6 aromatic carbocycles. The van der Waals surface area contributed by atoms with Gasteiger partial charge in [-0.15, -0.1) is 0 Å². The number of benzene rings is 6. The van der Waals surface area contributed by atoms with Crippen molar-refractivity contribution in [1.82, 2.24) is 0 Å². The number of ether oxygens (including phenoxy) is 12. The summed E-state index contributed by atoms with van der Waals surface area (Å²) in [6, 6.07) is 55.5. The molecule has 0 aromatic heterocycles. The van der Waals surface area contributed by atoms with Gasteiger partial charge < -0.3 is 56.8 Å². The zero-order valence-electron chi connectivity index (χ0n) is 42.2. The lowest BCUT2D eigenvalue weighted by molar-refractivity contribution is -0.373. The topological polar surface area (TPSA) is 162 Å². The summed E-state index contributed by atoms with van der Waals surface area (Å²) in [6.07, 6.45) is -13.3. The van der Waals surface area contributed by atoms with Crippen molar-refractivity contribution in [2.75, 3.05) is 26.9 Å². The number of carbonyl (C=O) groups excluding carboxylic acids is 3. The van der Waals surface area contributed by atoms with Crippen LogP contribution in [-0.4, -0.2) is 106 Å². The molecule has 0 saturated carbocycles. The molecule has 2 aliphatic heterocycles. The predicted molar refractivity (Wildman–Crippen MR) is 273 cm³/mol. The normalized spacial score (nSPS) is 23.9. The maximum atomic E-state index is 14.5. The zero-order valence-corrected chi connectivity index (χ0v) is 42.2. The van der Waals surface area contributed by atoms with E-state index in [1.807, 2.05) is 121 Å². The fourth-order valence-electron chi connectivity index (χ4n) is 8.90. The van der Waals surface area contributed by atoms with Gasteiger partial charge in [-0.05, 0) is 46.9 Å². The van der Waals surface area contributed by atoms with Crippen LogP contribution in [0.5, 0.6) is 0 Å². The van der Waals surface area contributed by atoms with Crippen LogP contribution >= 0.6 is 0 Å². The lowest BCUT2D eigenvalue weighted by atomic mass is 9.95. The molecule has 0 radical (unpaired) electrons. The molecule has 0 unspecified atom stereocenters. The van der Waals surface area contributed by atoms with E-state index in [4.69, 9.17) is 56.8 Å². The Morgan fingerprint density at radius 2 is 0.960 bits per heavy atom. The van der Waals surface area contributed by atoms with Gasteiger partial charge in [0.2, 0.25) is 0 Å². The summed E-state index contributed by atoms with van der Waals surface area (Å²) in [7, 11) is 1.52. The molecule has 2 fully saturated rings. The average Bonchev–Trinajstić information content (AvgIpc) is 3.45. The van der Waals surface area contributed by atoms with Crippen LogP contribution in [0, 0.1) is 0 Å². The Balaban J connectivity index is 1.26. The van der Waals surface area contributed by atoms with Gasteiger partial charge in [-0.25, -0.2) is 9.59 Å². The van der Waals surface area contributed by atoms with Gasteiger partial charge in [-0.2, -0.15) is 0 Å². The van der Waals surface area contributed by atoms with E-state index in [1.54, 1.807) is 67.6 Å². The Hall–Kier alpha value is -6.63. The first-order valence-electron chi connectivity index (χ1n) is 25.1. The lowest BCUT2D eigenvalue weighted by Gasteiger charge is -2.50. The molecule has 2 saturated heterocycles. The Bertz CT molecular complexity index is 2610. The lowest BCUT2D eigenvalue weighted by Crippen LogP contribution is -2.67. The van der Waals surface area contributed by atoms with Crippen LogP contribution in [0.25, 0.3) is 0 Å². The standard InChI is InChI=1S/C60H64O15/c1-4-66-58(63)50(46-31-19-9-20-32-46)73-56-54(74-57(62)47-33-21-10-22-34-47)51(68-36-43-25-13-6-14-26-43)49(40-67-41(2)61)72-60(56)75-52-48(39-65-35-42-23-11-5-12-24-42)71-59(64-3)55(70-38-45-29-17-8-18-30-45)53(52)69-37-44-27-15-7-16-28-44/h5-34,48-56,59-60H,4,35-40H2,1-3H3/t48-,49-,50-,51-,52-,53+,54+,55-,56-,59+,60+/m1/s1. The first kappa shape index (κ1) is 54.6. The number of hydrogen-bond acceptors (Lipinski definition) is 15. The van der Waals surface area contributed by atoms with Crippen molar-refractivity contribution < 1.29 is 71.2 Å². The molecule has 394 valence electrons. The Kier molecular flexibility index (Phi) is 20.6. The molecule has 0 amide bonds. The summed E-state index contributed by atoms with van der Waals surface area (Å²) >= 11 is 0. The third-order valence-electron chi connectivity index (χ3n) is 12.6. The maximum Gasteiger partial charge on any atom is 0.339 e. The minimum Gasteiger partial charge on any atom is -0.464 e. The fourth-order valence-corrected chi connectivity index (χ4v) is 8.90. The van der Waals surface area contributed by atoms with Gasteiger partial charge in [0, 0.05) is 14.0 Å². The van der Waals surface area contributed by atoms with Crippen molar-refractivity contribution in [2.45, 2.75) is 108 Å². The molecular formula is C60H64O15. The second kappa shape index (κ2) is 28.3. The third kappa shape index (κ3) is 15.5. The first-order valence-corrected chi connectivity index (χ1v) is 25.1. The number of methoxy groups -OCH3 is 1. The highest BCUT2D eigenvalue weighted by molar-refractivity contribution is 5.89. The second-order valence-electron chi connectivity index (χ2n) is 17.9. The highest BCUT2D eigenvalue weighted by atomic mass is 16.8. The van der Waals surface area contributed by atoms with Gasteiger partial charge in [0.25, 0.3) is 0 Å². The number of hydrogen-bond donors (Lipinski definition) is 0. The van der Waals surface area contributed by atoms with Gasteiger partial charge >= 0.3 is 17.9 Å². The van der Waals surface area contributed by atoms with E-state index in [9.17, 15) is 14.4 Å². The van der Waals surface area contributed by atoms with Crippen molar-refractivity contribution in [3.63, 3.8) is 0 Å². The minimum atomic E-state index is -1.57. The smallest absolute Gasteiger partial charge is 0.339 e. The van der Waals surface area contributed by atoms with Gasteiger partial charge in [0.1, 0.15) is 49.3 Å². The first-order chi connectivity index (χ1) is 36.8. The molecule has 2 heterocycles. The van der Waals surface area contributed by atoms with E-state index in [0.717, 1.165) is 22.3 Å². The molecule has 0 bridgehead atoms. The molecule has 0 N–H and O–H groups in total. The molecule has 75 heavy (non-hydrogen) atoms. The molecule has 8 rings (SSSR count). The van der Waals surface area contributed by atoms with Crippen molar-refractivity contribution in [2.24, 2.45) is 0 Å².